The van der Waals surface area contributed by atoms with Crippen LogP contribution in [0.3, 0.4) is 0 Å². The number of hydrogen-bond acceptors (Lipinski definition) is 3. The van der Waals surface area contributed by atoms with Crippen LogP contribution in [0.2, 0.25) is 0 Å². The number of nitrogens with one attached hydrogen (secondary N) is 2. The molecule has 0 bridgehead atoms. The zero-order chi connectivity index (χ0) is 14.7. The van der Waals surface area contributed by atoms with Gasteiger partial charge in [0.2, 0.25) is 5.91 Å². The lowest BCUT2D eigenvalue weighted by atomic mass is 9.82. The summed E-state index contributed by atoms with van der Waals surface area (Å²) >= 11 is 0. The number of rotatable bonds is 3. The Morgan fingerprint density at radius 1 is 1.38 bits per heavy atom. The molecule has 1 saturated carbocycles. The summed E-state index contributed by atoms with van der Waals surface area (Å²) in [6, 6.07) is 5.94. The number of carbonyl (C=O) groups excluding carboxylic acids is 1. The molecule has 1 aliphatic carbocycles. The van der Waals surface area contributed by atoms with Gasteiger partial charge >= 0.3 is 0 Å². The third-order valence-corrected chi connectivity index (χ3v) is 4.89. The minimum Gasteiger partial charge on any atom is -0.492 e. The number of benzene rings is 1. The first-order valence-electron chi connectivity index (χ1n) is 8.01. The highest BCUT2D eigenvalue weighted by Gasteiger charge is 2.39. The average Bonchev–Trinajstić information content (AvgIpc) is 2.88. The molecule has 0 saturated heterocycles. The van der Waals surface area contributed by atoms with E-state index in [0.29, 0.717) is 6.61 Å². The Morgan fingerprint density at radius 2 is 2.19 bits per heavy atom. The van der Waals surface area contributed by atoms with Gasteiger partial charge in [0.1, 0.15) is 12.4 Å². The molecule has 114 valence electrons. The smallest absolute Gasteiger partial charge is 0.230 e. The van der Waals surface area contributed by atoms with Crippen molar-refractivity contribution in [3.8, 4) is 5.75 Å². The molecule has 4 nitrogen and oxygen atoms in total. The lowest BCUT2D eigenvalue weighted by molar-refractivity contribution is -0.125. The molecule has 1 aromatic carbocycles. The molecule has 2 N–H and O–H groups in total. The fourth-order valence-corrected chi connectivity index (χ4v) is 3.45. The third kappa shape index (κ3) is 2.91. The molecule has 21 heavy (non-hydrogen) atoms. The topological polar surface area (TPSA) is 50.4 Å². The molecule has 0 atom stereocenters. The van der Waals surface area contributed by atoms with Gasteiger partial charge in [-0.25, -0.2) is 0 Å². The normalized spacial score (nSPS) is 20.2. The summed E-state index contributed by atoms with van der Waals surface area (Å²) in [5, 5.41) is 6.44. The molecule has 3 rings (SSSR count). The van der Waals surface area contributed by atoms with Crippen molar-refractivity contribution in [2.24, 2.45) is 5.41 Å². The van der Waals surface area contributed by atoms with E-state index in [1.54, 1.807) is 0 Å². The van der Waals surface area contributed by atoms with Crippen LogP contribution in [0.4, 0.5) is 5.69 Å². The van der Waals surface area contributed by atoms with Gasteiger partial charge in [-0.15, -0.1) is 0 Å². The number of amides is 1. The maximum absolute atomic E-state index is 12.6. The van der Waals surface area contributed by atoms with Gasteiger partial charge in [0.15, 0.2) is 0 Å². The van der Waals surface area contributed by atoms with E-state index in [1.807, 2.05) is 18.2 Å². The quantitative estimate of drug-likeness (QED) is 0.898. The Hall–Kier alpha value is -1.55. The molecule has 1 fully saturated rings. The molecule has 1 aliphatic heterocycles. The number of anilines is 1. The van der Waals surface area contributed by atoms with Crippen LogP contribution in [0.5, 0.6) is 5.75 Å². The van der Waals surface area contributed by atoms with E-state index in [1.165, 1.54) is 12.8 Å². The summed E-state index contributed by atoms with van der Waals surface area (Å²) in [6.45, 7) is 4.46. The van der Waals surface area contributed by atoms with E-state index in [4.69, 9.17) is 4.74 Å². The maximum atomic E-state index is 12.6. The Morgan fingerprint density at radius 3 is 2.95 bits per heavy atom. The molecule has 0 aromatic heterocycles. The van der Waals surface area contributed by atoms with Crippen molar-refractivity contribution < 1.29 is 9.53 Å². The van der Waals surface area contributed by atoms with Crippen LogP contribution in [-0.2, 0) is 11.3 Å². The zero-order valence-electron chi connectivity index (χ0n) is 12.7. The van der Waals surface area contributed by atoms with Crippen molar-refractivity contribution in [1.29, 1.82) is 0 Å². The second-order valence-electron chi connectivity index (χ2n) is 6.14. The number of fused-ring (bicyclic) bond motifs is 1. The summed E-state index contributed by atoms with van der Waals surface area (Å²) in [6.07, 6.45) is 5.30. The molecule has 0 radical (unpaired) electrons. The van der Waals surface area contributed by atoms with Crippen LogP contribution < -0.4 is 15.4 Å². The van der Waals surface area contributed by atoms with Gasteiger partial charge in [0.05, 0.1) is 0 Å². The average molecular weight is 288 g/mol. The predicted octanol–water partition coefficient (Wildman–Crippen LogP) is 3.08. The Balaban J connectivity index is 1.75. The molecule has 1 aromatic rings. The van der Waals surface area contributed by atoms with Crippen molar-refractivity contribution in [2.45, 2.75) is 45.6 Å². The van der Waals surface area contributed by atoms with Crippen LogP contribution in [0.15, 0.2) is 18.2 Å². The molecular weight excluding hydrogens is 264 g/mol. The highest BCUT2D eigenvalue weighted by atomic mass is 16.5. The second kappa shape index (κ2) is 6.06. The number of carbonyl (C=O) groups is 1. The SMILES string of the molecule is CCC1(C(=O)Nc2ccc3c(c2)CNCCO3)CCCC1. The van der Waals surface area contributed by atoms with Crippen molar-refractivity contribution >= 4 is 11.6 Å². The second-order valence-corrected chi connectivity index (χ2v) is 6.14. The molecule has 1 heterocycles. The fraction of sp³-hybridized carbons (Fsp3) is 0.588. The Bertz CT molecular complexity index is 522. The van der Waals surface area contributed by atoms with Crippen molar-refractivity contribution in [3.63, 3.8) is 0 Å². The van der Waals surface area contributed by atoms with E-state index in [0.717, 1.165) is 49.4 Å². The molecular formula is C17H24N2O2. The molecule has 4 heteroatoms. The first-order valence-corrected chi connectivity index (χ1v) is 8.01. The Kier molecular flexibility index (Phi) is 4.15. The summed E-state index contributed by atoms with van der Waals surface area (Å²) in [5.41, 5.74) is 1.84. The summed E-state index contributed by atoms with van der Waals surface area (Å²) in [4.78, 5) is 12.6. The number of hydrogen-bond donors (Lipinski definition) is 2. The minimum atomic E-state index is -0.151. The van der Waals surface area contributed by atoms with Crippen LogP contribution in [-0.4, -0.2) is 19.1 Å². The monoisotopic (exact) mass is 288 g/mol. The van der Waals surface area contributed by atoms with Gasteiger partial charge in [-0.05, 0) is 37.5 Å². The fourth-order valence-electron chi connectivity index (χ4n) is 3.45. The van der Waals surface area contributed by atoms with Gasteiger partial charge < -0.3 is 15.4 Å². The summed E-state index contributed by atoms with van der Waals surface area (Å²) in [7, 11) is 0. The molecule has 0 unspecified atom stereocenters. The maximum Gasteiger partial charge on any atom is 0.230 e. The van der Waals surface area contributed by atoms with Crippen LogP contribution >= 0.6 is 0 Å². The summed E-state index contributed by atoms with van der Waals surface area (Å²) in [5.74, 6) is 1.11. The van der Waals surface area contributed by atoms with E-state index in [9.17, 15) is 4.79 Å². The van der Waals surface area contributed by atoms with E-state index >= 15 is 0 Å². The highest BCUT2D eigenvalue weighted by Crippen LogP contribution is 2.42. The van der Waals surface area contributed by atoms with Crippen molar-refractivity contribution in [2.75, 3.05) is 18.5 Å². The lowest BCUT2D eigenvalue weighted by Gasteiger charge is -2.26. The van der Waals surface area contributed by atoms with Crippen LogP contribution in [0.1, 0.15) is 44.6 Å². The highest BCUT2D eigenvalue weighted by molar-refractivity contribution is 5.95. The lowest BCUT2D eigenvalue weighted by Crippen LogP contribution is -2.33. The molecule has 2 aliphatic rings. The first-order chi connectivity index (χ1) is 10.2. The Labute approximate surface area is 126 Å². The van der Waals surface area contributed by atoms with E-state index in [2.05, 4.69) is 17.6 Å². The standard InChI is InChI=1S/C17H24N2O2/c1-2-17(7-3-4-8-17)16(20)19-14-5-6-15-13(11-14)12-18-9-10-21-15/h5-6,11,18H,2-4,7-10,12H2,1H3,(H,19,20). The van der Waals surface area contributed by atoms with Crippen LogP contribution in [0, 0.1) is 5.41 Å². The molecule has 1 amide bonds. The zero-order valence-corrected chi connectivity index (χ0v) is 12.7. The van der Waals surface area contributed by atoms with E-state index in [-0.39, 0.29) is 11.3 Å². The van der Waals surface area contributed by atoms with Gasteiger partial charge in [0.25, 0.3) is 0 Å². The molecule has 0 spiro atoms. The third-order valence-electron chi connectivity index (χ3n) is 4.89. The largest absolute Gasteiger partial charge is 0.492 e. The number of ether oxygens (including phenoxy) is 1. The van der Waals surface area contributed by atoms with Gasteiger partial charge in [-0.2, -0.15) is 0 Å². The van der Waals surface area contributed by atoms with Gasteiger partial charge in [-0.3, -0.25) is 4.79 Å². The predicted molar refractivity (Wildman–Crippen MR) is 83.5 cm³/mol. The van der Waals surface area contributed by atoms with Gasteiger partial charge in [0, 0.05) is 29.8 Å². The van der Waals surface area contributed by atoms with Gasteiger partial charge in [-0.1, -0.05) is 19.8 Å². The summed E-state index contributed by atoms with van der Waals surface area (Å²) < 4.78 is 5.67. The van der Waals surface area contributed by atoms with Crippen molar-refractivity contribution in [1.82, 2.24) is 5.32 Å². The van der Waals surface area contributed by atoms with E-state index < -0.39 is 0 Å². The minimum absolute atomic E-state index is 0.151. The first kappa shape index (κ1) is 14.4. The van der Waals surface area contributed by atoms with Crippen molar-refractivity contribution in [3.05, 3.63) is 23.8 Å². The van der Waals surface area contributed by atoms with Crippen LogP contribution in [0.25, 0.3) is 0 Å².